The van der Waals surface area contributed by atoms with Gasteiger partial charge in [-0.25, -0.2) is 0 Å². The van der Waals surface area contributed by atoms with Crippen molar-refractivity contribution >= 4 is 34.1 Å². The largest absolute Gasteiger partial charge is 0.310 e. The van der Waals surface area contributed by atoms with Crippen molar-refractivity contribution in [2.24, 2.45) is 0 Å². The highest BCUT2D eigenvalue weighted by atomic mass is 15.2. The number of hydrogen-bond acceptors (Lipinski definition) is 2. The number of hydrogen-bond donors (Lipinski definition) is 0. The van der Waals surface area contributed by atoms with E-state index in [9.17, 15) is 0 Å². The number of para-hydroxylation sites is 3. The van der Waals surface area contributed by atoms with Gasteiger partial charge in [0.2, 0.25) is 0 Å². The van der Waals surface area contributed by atoms with E-state index in [0.717, 1.165) is 34.1 Å². The van der Waals surface area contributed by atoms with Gasteiger partial charge in [-0.3, -0.25) is 0 Å². The van der Waals surface area contributed by atoms with Gasteiger partial charge in [-0.05, 0) is 105 Å². The number of fused-ring (bicyclic) bond motifs is 10. The zero-order valence-corrected chi connectivity index (χ0v) is 31.3. The first-order chi connectivity index (χ1) is 28.3. The molecule has 0 saturated carbocycles. The van der Waals surface area contributed by atoms with E-state index in [4.69, 9.17) is 0 Å². The van der Waals surface area contributed by atoms with Crippen LogP contribution in [0.15, 0.2) is 231 Å². The van der Waals surface area contributed by atoms with Crippen LogP contribution in [0.3, 0.4) is 0 Å². The van der Waals surface area contributed by atoms with Gasteiger partial charge in [-0.15, -0.1) is 0 Å². The van der Waals surface area contributed by atoms with Gasteiger partial charge in [0, 0.05) is 33.9 Å². The Morgan fingerprint density at radius 1 is 0.246 bits per heavy atom. The van der Waals surface area contributed by atoms with Gasteiger partial charge in [0.15, 0.2) is 0 Å². The maximum atomic E-state index is 2.47. The normalized spacial score (nSPS) is 14.4. The molecule has 0 aromatic heterocycles. The van der Waals surface area contributed by atoms with Crippen LogP contribution >= 0.6 is 0 Å². The third kappa shape index (κ3) is 5.04. The fourth-order valence-corrected chi connectivity index (χ4v) is 9.61. The maximum Gasteiger partial charge on any atom is 0.0766 e. The minimum Gasteiger partial charge on any atom is -0.310 e. The molecule has 2 nitrogen and oxygen atoms in total. The lowest BCUT2D eigenvalue weighted by molar-refractivity contribution is 0.792. The molecule has 0 fully saturated rings. The van der Waals surface area contributed by atoms with Crippen LogP contribution in [0.2, 0.25) is 0 Å². The minimum atomic E-state index is -0.635. The molecule has 0 N–H and O–H groups in total. The van der Waals surface area contributed by atoms with E-state index in [0.29, 0.717) is 0 Å². The molecule has 0 amide bonds. The van der Waals surface area contributed by atoms with Gasteiger partial charge in [0.25, 0.3) is 0 Å². The topological polar surface area (TPSA) is 6.48 Å². The van der Waals surface area contributed by atoms with E-state index < -0.39 is 5.41 Å². The Bertz CT molecular complexity index is 2830. The predicted octanol–water partition coefficient (Wildman–Crippen LogP) is 14.6. The van der Waals surface area contributed by atoms with E-state index in [-0.39, 0.29) is 0 Å². The number of benzene rings is 9. The first-order valence-corrected chi connectivity index (χ1v) is 19.7. The third-order valence-electron chi connectivity index (χ3n) is 11.8. The summed E-state index contributed by atoms with van der Waals surface area (Å²) in [6.45, 7) is 0. The molecule has 0 saturated heterocycles. The van der Waals surface area contributed by atoms with Gasteiger partial charge < -0.3 is 9.80 Å². The number of nitrogens with zero attached hydrogens (tertiary/aromatic N) is 2. The monoisotopic (exact) mass is 726 g/mol. The van der Waals surface area contributed by atoms with E-state index in [1.807, 2.05) is 0 Å². The van der Waals surface area contributed by atoms with E-state index in [2.05, 4.69) is 240 Å². The molecule has 1 unspecified atom stereocenters. The smallest absolute Gasteiger partial charge is 0.0766 e. The van der Waals surface area contributed by atoms with Crippen LogP contribution in [0.25, 0.3) is 33.4 Å². The molecule has 9 aromatic rings. The van der Waals surface area contributed by atoms with Gasteiger partial charge in [0.05, 0.1) is 16.8 Å². The maximum absolute atomic E-state index is 2.47. The Hall–Kier alpha value is -7.42. The van der Waals surface area contributed by atoms with E-state index in [1.165, 1.54) is 55.6 Å². The Labute approximate surface area is 334 Å². The van der Waals surface area contributed by atoms with Crippen molar-refractivity contribution in [3.05, 3.63) is 253 Å². The molecule has 1 atom stereocenters. The molecule has 0 aliphatic heterocycles. The molecule has 2 aliphatic carbocycles. The highest BCUT2D eigenvalue weighted by Crippen LogP contribution is 2.67. The molecule has 0 radical (unpaired) electrons. The average molecular weight is 727 g/mol. The first kappa shape index (κ1) is 33.0. The van der Waals surface area contributed by atoms with Crippen molar-refractivity contribution in [2.45, 2.75) is 5.41 Å². The Kier molecular flexibility index (Phi) is 7.75. The van der Waals surface area contributed by atoms with Gasteiger partial charge in [-0.2, -0.15) is 0 Å². The third-order valence-corrected chi connectivity index (χ3v) is 11.8. The highest BCUT2D eigenvalue weighted by Gasteiger charge is 2.55. The van der Waals surface area contributed by atoms with Crippen molar-refractivity contribution in [1.29, 1.82) is 0 Å². The summed E-state index contributed by atoms with van der Waals surface area (Å²) in [6, 6.07) is 84.2. The summed E-state index contributed by atoms with van der Waals surface area (Å²) in [7, 11) is 0. The summed E-state index contributed by atoms with van der Waals surface area (Å²) in [6.07, 6.45) is 0. The van der Waals surface area contributed by atoms with Crippen molar-refractivity contribution in [3.63, 3.8) is 0 Å². The van der Waals surface area contributed by atoms with Gasteiger partial charge in [0.1, 0.15) is 0 Å². The van der Waals surface area contributed by atoms with Crippen LogP contribution in [0.1, 0.15) is 22.3 Å². The van der Waals surface area contributed by atoms with Crippen molar-refractivity contribution < 1.29 is 0 Å². The summed E-state index contributed by atoms with van der Waals surface area (Å²) in [4.78, 5) is 4.92. The summed E-state index contributed by atoms with van der Waals surface area (Å²) < 4.78 is 0. The molecule has 2 heteroatoms. The molecule has 2 aliphatic rings. The SMILES string of the molecule is c1ccc(-c2ccc(N(c3ccccc3)c3cccc4c3C3(c5ccccc5-c5cccc(N(c6ccccc6)c6ccccc6)c53)c3ccccc3-4)cc2)cc1. The van der Waals surface area contributed by atoms with Crippen molar-refractivity contribution in [1.82, 2.24) is 0 Å². The van der Waals surface area contributed by atoms with Crippen LogP contribution in [0.4, 0.5) is 34.1 Å². The van der Waals surface area contributed by atoms with Crippen molar-refractivity contribution in [3.8, 4) is 33.4 Å². The molecule has 57 heavy (non-hydrogen) atoms. The fraction of sp³-hybridized carbons (Fsp3) is 0.0182. The highest BCUT2D eigenvalue weighted by molar-refractivity contribution is 6.02. The second-order valence-corrected chi connectivity index (χ2v) is 14.8. The van der Waals surface area contributed by atoms with Crippen LogP contribution in [0, 0.1) is 0 Å². The average Bonchev–Trinajstić information content (AvgIpc) is 3.76. The zero-order valence-electron chi connectivity index (χ0n) is 31.3. The van der Waals surface area contributed by atoms with Crippen LogP contribution in [0.5, 0.6) is 0 Å². The Balaban J connectivity index is 1.24. The van der Waals surface area contributed by atoms with Crippen LogP contribution in [-0.2, 0) is 5.41 Å². The van der Waals surface area contributed by atoms with E-state index in [1.54, 1.807) is 0 Å². The number of anilines is 6. The van der Waals surface area contributed by atoms with Crippen LogP contribution in [-0.4, -0.2) is 0 Å². The van der Waals surface area contributed by atoms with Gasteiger partial charge in [-0.1, -0.05) is 170 Å². The van der Waals surface area contributed by atoms with Crippen LogP contribution < -0.4 is 9.80 Å². The quantitative estimate of drug-likeness (QED) is 0.161. The van der Waals surface area contributed by atoms with Gasteiger partial charge >= 0.3 is 0 Å². The summed E-state index contributed by atoms with van der Waals surface area (Å²) >= 11 is 0. The first-order valence-electron chi connectivity index (χ1n) is 19.7. The molecule has 11 rings (SSSR count). The predicted molar refractivity (Wildman–Crippen MR) is 238 cm³/mol. The summed E-state index contributed by atoms with van der Waals surface area (Å²) in [5.41, 5.74) is 18.8. The Morgan fingerprint density at radius 2 is 0.579 bits per heavy atom. The minimum absolute atomic E-state index is 0.635. The zero-order chi connectivity index (χ0) is 37.8. The molecule has 9 aromatic carbocycles. The fourth-order valence-electron chi connectivity index (χ4n) is 9.61. The molecular formula is C55H38N2. The lowest BCUT2D eigenvalue weighted by Gasteiger charge is -2.38. The summed E-state index contributed by atoms with van der Waals surface area (Å²) in [5, 5.41) is 0. The molecule has 268 valence electrons. The lowest BCUT2D eigenvalue weighted by Crippen LogP contribution is -2.30. The molecule has 0 heterocycles. The van der Waals surface area contributed by atoms with Crippen molar-refractivity contribution in [2.75, 3.05) is 9.80 Å². The van der Waals surface area contributed by atoms with E-state index >= 15 is 0 Å². The second kappa shape index (κ2) is 13.4. The molecular weight excluding hydrogens is 689 g/mol. The molecule has 0 bridgehead atoms. The second-order valence-electron chi connectivity index (χ2n) is 14.8. The number of rotatable bonds is 7. The summed E-state index contributed by atoms with van der Waals surface area (Å²) in [5.74, 6) is 0. The Morgan fingerprint density at radius 3 is 1.02 bits per heavy atom. The standard InChI is InChI=1S/C55H38N2/c1-5-19-39(20-6-1)40-35-37-44(38-36-40)57(43-25-11-4-12-26-43)52-34-18-30-48-46-28-14-16-32-50(46)55(54(48)52)49-31-15-13-27-45(49)47-29-17-33-51(53(47)55)56(41-21-7-2-8-22-41)42-23-9-3-10-24-42/h1-38H. The lowest BCUT2D eigenvalue weighted by atomic mass is 9.69. The molecule has 1 spiro atoms.